The highest BCUT2D eigenvalue weighted by Crippen LogP contribution is 2.23. The van der Waals surface area contributed by atoms with Crippen molar-refractivity contribution in [3.63, 3.8) is 0 Å². The first kappa shape index (κ1) is 19.6. The summed E-state index contributed by atoms with van der Waals surface area (Å²) in [6.07, 6.45) is 0. The molecule has 144 valence electrons. The van der Waals surface area contributed by atoms with Gasteiger partial charge >= 0.3 is 12.0 Å². The molecule has 4 amide bonds. The van der Waals surface area contributed by atoms with Crippen LogP contribution in [0.5, 0.6) is 5.75 Å². The first-order valence-electron chi connectivity index (χ1n) is 8.29. The second-order valence-corrected chi connectivity index (χ2v) is 6.94. The van der Waals surface area contributed by atoms with E-state index in [1.54, 1.807) is 36.4 Å². The number of carbonyl (C=O) groups excluding carboxylic acids is 4. The van der Waals surface area contributed by atoms with E-state index in [0.717, 1.165) is 14.3 Å². The Morgan fingerprint density at radius 2 is 1.71 bits per heavy atom. The lowest BCUT2D eigenvalue weighted by Crippen LogP contribution is -2.37. The van der Waals surface area contributed by atoms with E-state index >= 15 is 0 Å². The molecule has 9 heteroatoms. The molecule has 0 radical (unpaired) electrons. The number of ether oxygens (including phenoxy) is 1. The van der Waals surface area contributed by atoms with Crippen LogP contribution in [0.4, 0.5) is 16.2 Å². The number of amides is 4. The van der Waals surface area contributed by atoms with E-state index in [1.807, 2.05) is 0 Å². The van der Waals surface area contributed by atoms with Crippen LogP contribution in [-0.2, 0) is 14.4 Å². The van der Waals surface area contributed by atoms with Crippen LogP contribution in [0.1, 0.15) is 6.92 Å². The third-order valence-corrected chi connectivity index (χ3v) is 4.38. The first-order chi connectivity index (χ1) is 13.3. The number of hydrogen-bond acceptors (Lipinski definition) is 5. The fourth-order valence-electron chi connectivity index (χ4n) is 2.65. The van der Waals surface area contributed by atoms with Crippen molar-refractivity contribution < 1.29 is 23.9 Å². The van der Waals surface area contributed by atoms with E-state index in [1.165, 1.54) is 19.1 Å². The number of hydrogen-bond donors (Lipinski definition) is 1. The number of carbonyl (C=O) groups is 4. The number of urea groups is 1. The van der Waals surface area contributed by atoms with Gasteiger partial charge in [0.1, 0.15) is 18.8 Å². The van der Waals surface area contributed by atoms with Gasteiger partial charge in [0.2, 0.25) is 5.91 Å². The minimum Gasteiger partial charge on any atom is -0.425 e. The average molecular weight is 446 g/mol. The zero-order chi connectivity index (χ0) is 20.3. The van der Waals surface area contributed by atoms with Gasteiger partial charge in [0, 0.05) is 17.1 Å². The first-order valence-corrected chi connectivity index (χ1v) is 9.08. The second kappa shape index (κ2) is 8.22. The molecular formula is C19H16BrN3O5. The van der Waals surface area contributed by atoms with Gasteiger partial charge in [0.05, 0.1) is 5.69 Å². The Kier molecular flexibility index (Phi) is 5.74. The summed E-state index contributed by atoms with van der Waals surface area (Å²) in [5, 5.41) is 2.60. The van der Waals surface area contributed by atoms with Crippen molar-refractivity contribution in [2.24, 2.45) is 0 Å². The molecule has 2 aromatic rings. The predicted molar refractivity (Wildman–Crippen MR) is 105 cm³/mol. The molecule has 1 aliphatic rings. The van der Waals surface area contributed by atoms with E-state index in [0.29, 0.717) is 11.4 Å². The maximum atomic E-state index is 12.5. The number of nitrogens with zero attached hydrogens (tertiary/aromatic N) is 2. The predicted octanol–water partition coefficient (Wildman–Crippen LogP) is 2.78. The third-order valence-electron chi connectivity index (χ3n) is 3.85. The number of benzene rings is 2. The van der Waals surface area contributed by atoms with Gasteiger partial charge in [0.25, 0.3) is 5.91 Å². The Morgan fingerprint density at radius 1 is 1.07 bits per heavy atom. The van der Waals surface area contributed by atoms with Gasteiger partial charge in [-0.2, -0.15) is 0 Å². The second-order valence-electron chi connectivity index (χ2n) is 6.02. The summed E-state index contributed by atoms with van der Waals surface area (Å²) < 4.78 is 6.01. The number of anilines is 2. The van der Waals surface area contributed by atoms with E-state index in [4.69, 9.17) is 4.74 Å². The van der Waals surface area contributed by atoms with Crippen LogP contribution in [-0.4, -0.2) is 41.8 Å². The van der Waals surface area contributed by atoms with Gasteiger partial charge in [-0.25, -0.2) is 14.5 Å². The average Bonchev–Trinajstić information content (AvgIpc) is 2.90. The highest BCUT2D eigenvalue weighted by atomic mass is 79.9. The SMILES string of the molecule is CC(=O)Nc1ccc(OC(=O)CN2CC(=O)N(c3ccc(Br)cc3)C2=O)cc1. The highest BCUT2D eigenvalue weighted by Gasteiger charge is 2.38. The molecule has 1 fully saturated rings. The number of halogens is 1. The standard InChI is InChI=1S/C19H16BrN3O5/c1-12(24)21-14-4-8-16(9-5-14)28-18(26)11-22-10-17(25)23(19(22)27)15-6-2-13(20)3-7-15/h2-9H,10-11H2,1H3,(H,21,24). The van der Waals surface area contributed by atoms with Gasteiger partial charge in [-0.15, -0.1) is 0 Å². The summed E-state index contributed by atoms with van der Waals surface area (Å²) in [6.45, 7) is 0.830. The Labute approximate surface area is 169 Å². The van der Waals surface area contributed by atoms with Crippen molar-refractivity contribution in [1.29, 1.82) is 0 Å². The summed E-state index contributed by atoms with van der Waals surface area (Å²) in [5.74, 6) is -1.04. The number of rotatable bonds is 5. The minimum absolute atomic E-state index is 0.203. The third kappa shape index (κ3) is 4.55. The van der Waals surface area contributed by atoms with E-state index in [2.05, 4.69) is 21.2 Å². The van der Waals surface area contributed by atoms with Crippen molar-refractivity contribution >= 4 is 51.1 Å². The van der Waals surface area contributed by atoms with Gasteiger partial charge in [-0.05, 0) is 48.5 Å². The quantitative estimate of drug-likeness (QED) is 0.433. The normalized spacial score (nSPS) is 13.6. The summed E-state index contributed by atoms with van der Waals surface area (Å²) in [7, 11) is 0. The maximum Gasteiger partial charge on any atom is 0.332 e. The fraction of sp³-hybridized carbons (Fsp3) is 0.158. The van der Waals surface area contributed by atoms with E-state index in [9.17, 15) is 19.2 Å². The summed E-state index contributed by atoms with van der Waals surface area (Å²) >= 11 is 3.30. The molecule has 0 aromatic heterocycles. The molecule has 1 N–H and O–H groups in total. The molecule has 2 aromatic carbocycles. The van der Waals surface area contributed by atoms with E-state index in [-0.39, 0.29) is 24.7 Å². The van der Waals surface area contributed by atoms with Crippen LogP contribution in [0.2, 0.25) is 0 Å². The summed E-state index contributed by atoms with van der Waals surface area (Å²) in [6, 6.07) is 12.4. The van der Waals surface area contributed by atoms with Gasteiger partial charge in [0.15, 0.2) is 0 Å². The Morgan fingerprint density at radius 3 is 2.32 bits per heavy atom. The molecule has 0 bridgehead atoms. The minimum atomic E-state index is -0.675. The topological polar surface area (TPSA) is 96.0 Å². The van der Waals surface area contributed by atoms with Gasteiger partial charge in [-0.3, -0.25) is 9.59 Å². The smallest absolute Gasteiger partial charge is 0.332 e. The number of imide groups is 1. The van der Waals surface area contributed by atoms with Crippen LogP contribution in [0.15, 0.2) is 53.0 Å². The van der Waals surface area contributed by atoms with Crippen molar-refractivity contribution in [2.75, 3.05) is 23.3 Å². The van der Waals surface area contributed by atoms with Crippen LogP contribution < -0.4 is 15.0 Å². The molecule has 3 rings (SSSR count). The molecule has 1 aliphatic heterocycles. The molecule has 0 aliphatic carbocycles. The van der Waals surface area contributed by atoms with Crippen molar-refractivity contribution in [3.8, 4) is 5.75 Å². The van der Waals surface area contributed by atoms with Gasteiger partial charge < -0.3 is 15.0 Å². The van der Waals surface area contributed by atoms with Crippen molar-refractivity contribution in [2.45, 2.75) is 6.92 Å². The number of esters is 1. The fourth-order valence-corrected chi connectivity index (χ4v) is 2.91. The van der Waals surface area contributed by atoms with E-state index < -0.39 is 17.9 Å². The molecule has 0 spiro atoms. The van der Waals surface area contributed by atoms with Gasteiger partial charge in [-0.1, -0.05) is 15.9 Å². The zero-order valence-corrected chi connectivity index (χ0v) is 16.4. The molecule has 0 saturated carbocycles. The Balaban J connectivity index is 1.61. The van der Waals surface area contributed by atoms with Crippen LogP contribution in [0.3, 0.4) is 0 Å². The summed E-state index contributed by atoms with van der Waals surface area (Å²) in [4.78, 5) is 50.0. The largest absolute Gasteiger partial charge is 0.425 e. The lowest BCUT2D eigenvalue weighted by atomic mass is 10.3. The molecule has 1 saturated heterocycles. The lowest BCUT2D eigenvalue weighted by Gasteiger charge is -2.16. The molecule has 0 atom stereocenters. The molecule has 28 heavy (non-hydrogen) atoms. The summed E-state index contributed by atoms with van der Waals surface area (Å²) in [5.41, 5.74) is 1.00. The zero-order valence-electron chi connectivity index (χ0n) is 14.8. The highest BCUT2D eigenvalue weighted by molar-refractivity contribution is 9.10. The van der Waals surface area contributed by atoms with Crippen molar-refractivity contribution in [1.82, 2.24) is 4.90 Å². The number of nitrogens with one attached hydrogen (secondary N) is 1. The van der Waals surface area contributed by atoms with Crippen LogP contribution in [0, 0.1) is 0 Å². The van der Waals surface area contributed by atoms with Crippen LogP contribution in [0.25, 0.3) is 0 Å². The molecule has 1 heterocycles. The van der Waals surface area contributed by atoms with Crippen LogP contribution >= 0.6 is 15.9 Å². The Bertz CT molecular complexity index is 928. The molecule has 0 unspecified atom stereocenters. The molecule has 8 nitrogen and oxygen atoms in total. The van der Waals surface area contributed by atoms with Crippen molar-refractivity contribution in [3.05, 3.63) is 53.0 Å². The molecular weight excluding hydrogens is 430 g/mol. The Hall–Kier alpha value is -3.20. The maximum absolute atomic E-state index is 12.5. The monoisotopic (exact) mass is 445 g/mol. The lowest BCUT2D eigenvalue weighted by molar-refractivity contribution is -0.134.